The molecule has 0 radical (unpaired) electrons. The van der Waals surface area contributed by atoms with Crippen LogP contribution in [0.15, 0.2) is 40.9 Å². The highest BCUT2D eigenvalue weighted by Gasteiger charge is 2.16. The van der Waals surface area contributed by atoms with E-state index in [0.29, 0.717) is 28.5 Å². The molecule has 0 aliphatic carbocycles. The molecule has 0 saturated heterocycles. The van der Waals surface area contributed by atoms with E-state index in [9.17, 15) is 9.18 Å². The molecule has 1 amide bonds. The van der Waals surface area contributed by atoms with Gasteiger partial charge in [-0.25, -0.2) is 4.39 Å². The Balaban J connectivity index is 2.14. The van der Waals surface area contributed by atoms with Crippen LogP contribution in [0.3, 0.4) is 0 Å². The molecule has 0 spiro atoms. The first-order chi connectivity index (χ1) is 12.3. The van der Waals surface area contributed by atoms with E-state index in [4.69, 9.17) is 9.47 Å². The van der Waals surface area contributed by atoms with Crippen LogP contribution >= 0.6 is 15.9 Å². The summed E-state index contributed by atoms with van der Waals surface area (Å²) in [4.78, 5) is 12.4. The second kappa shape index (κ2) is 9.03. The van der Waals surface area contributed by atoms with Gasteiger partial charge in [0.05, 0.1) is 25.3 Å². The van der Waals surface area contributed by atoms with E-state index in [-0.39, 0.29) is 17.5 Å². The minimum Gasteiger partial charge on any atom is -0.493 e. The van der Waals surface area contributed by atoms with Crippen molar-refractivity contribution in [3.63, 3.8) is 0 Å². The highest BCUT2D eigenvalue weighted by Crippen LogP contribution is 2.31. The van der Waals surface area contributed by atoms with E-state index in [1.54, 1.807) is 7.11 Å². The van der Waals surface area contributed by atoms with Crippen molar-refractivity contribution < 1.29 is 18.7 Å². The Morgan fingerprint density at radius 3 is 2.54 bits per heavy atom. The monoisotopic (exact) mass is 423 g/mol. The average Bonchev–Trinajstić information content (AvgIpc) is 2.61. The lowest BCUT2D eigenvalue weighted by atomic mass is 10.1. The number of amides is 1. The highest BCUT2D eigenvalue weighted by atomic mass is 79.9. The molecule has 1 atom stereocenters. The highest BCUT2D eigenvalue weighted by molar-refractivity contribution is 9.10. The number of carbonyl (C=O) groups is 1. The van der Waals surface area contributed by atoms with E-state index >= 15 is 0 Å². The lowest BCUT2D eigenvalue weighted by molar-refractivity contribution is 0.0938. The molecular weight excluding hydrogens is 401 g/mol. The van der Waals surface area contributed by atoms with Crippen molar-refractivity contribution in [1.29, 1.82) is 0 Å². The molecule has 0 heterocycles. The van der Waals surface area contributed by atoms with E-state index < -0.39 is 5.82 Å². The summed E-state index contributed by atoms with van der Waals surface area (Å²) in [5.74, 6) is 0.858. The van der Waals surface area contributed by atoms with Crippen LogP contribution in [-0.4, -0.2) is 19.6 Å². The quantitative estimate of drug-likeness (QED) is 0.671. The van der Waals surface area contributed by atoms with Gasteiger partial charge < -0.3 is 14.8 Å². The Bertz CT molecular complexity index is 780. The molecule has 2 rings (SSSR count). The van der Waals surface area contributed by atoms with Crippen LogP contribution in [0.25, 0.3) is 0 Å². The molecule has 0 bridgehead atoms. The summed E-state index contributed by atoms with van der Waals surface area (Å²) in [6.45, 7) is 6.59. The number of hydrogen-bond acceptors (Lipinski definition) is 3. The molecule has 0 saturated carbocycles. The number of nitrogens with one attached hydrogen (secondary N) is 1. The van der Waals surface area contributed by atoms with Crippen molar-refractivity contribution in [2.24, 2.45) is 5.92 Å². The molecule has 26 heavy (non-hydrogen) atoms. The number of ether oxygens (including phenoxy) is 2. The summed E-state index contributed by atoms with van der Waals surface area (Å²) >= 11 is 3.27. The van der Waals surface area contributed by atoms with Gasteiger partial charge in [-0.05, 0) is 64.7 Å². The Labute approximate surface area is 161 Å². The molecule has 4 nitrogen and oxygen atoms in total. The Hall–Kier alpha value is -2.08. The third-order valence-electron chi connectivity index (χ3n) is 3.78. The van der Waals surface area contributed by atoms with Crippen LogP contribution in [-0.2, 0) is 0 Å². The van der Waals surface area contributed by atoms with Gasteiger partial charge in [-0.3, -0.25) is 4.79 Å². The molecule has 0 aliphatic heterocycles. The fourth-order valence-corrected chi connectivity index (χ4v) is 2.79. The summed E-state index contributed by atoms with van der Waals surface area (Å²) < 4.78 is 25.1. The largest absolute Gasteiger partial charge is 0.493 e. The first-order valence-corrected chi connectivity index (χ1v) is 9.17. The summed E-state index contributed by atoms with van der Waals surface area (Å²) in [5, 5.41) is 2.87. The minimum absolute atomic E-state index is 0.251. The van der Waals surface area contributed by atoms with Crippen molar-refractivity contribution >= 4 is 21.8 Å². The topological polar surface area (TPSA) is 47.6 Å². The third-order valence-corrected chi connectivity index (χ3v) is 4.47. The standard InChI is InChI=1S/C20H23BrFNO3/c1-12(2)11-26-18-8-5-14(9-19(18)25-4)13(3)23-20(24)16-10-15(22)6-7-17(16)21/h5-10,12-13H,11H2,1-4H3,(H,23,24). The smallest absolute Gasteiger partial charge is 0.253 e. The maximum atomic E-state index is 13.4. The van der Waals surface area contributed by atoms with E-state index in [2.05, 4.69) is 35.1 Å². The SMILES string of the molecule is COc1cc(C(C)NC(=O)c2cc(F)ccc2Br)ccc1OCC(C)C. The number of methoxy groups -OCH3 is 1. The third kappa shape index (κ3) is 5.21. The number of carbonyl (C=O) groups excluding carboxylic acids is 1. The lowest BCUT2D eigenvalue weighted by Crippen LogP contribution is -2.27. The van der Waals surface area contributed by atoms with Gasteiger partial charge in [-0.1, -0.05) is 19.9 Å². The predicted octanol–water partition coefficient (Wildman–Crippen LogP) is 5.12. The summed E-state index contributed by atoms with van der Waals surface area (Å²) in [6, 6.07) is 9.27. The molecule has 0 aromatic heterocycles. The molecule has 2 aromatic rings. The fourth-order valence-electron chi connectivity index (χ4n) is 2.36. The van der Waals surface area contributed by atoms with Gasteiger partial charge in [0.25, 0.3) is 5.91 Å². The van der Waals surface area contributed by atoms with Crippen LogP contribution in [0.4, 0.5) is 4.39 Å². The molecular formula is C20H23BrFNO3. The normalized spacial score (nSPS) is 12.0. The van der Waals surface area contributed by atoms with Crippen molar-refractivity contribution in [1.82, 2.24) is 5.32 Å². The number of hydrogen-bond donors (Lipinski definition) is 1. The zero-order chi connectivity index (χ0) is 19.3. The van der Waals surface area contributed by atoms with Crippen molar-refractivity contribution in [3.8, 4) is 11.5 Å². The van der Waals surface area contributed by atoms with Gasteiger partial charge in [0.15, 0.2) is 11.5 Å². The Morgan fingerprint density at radius 1 is 1.15 bits per heavy atom. The van der Waals surface area contributed by atoms with Gasteiger partial charge in [-0.2, -0.15) is 0 Å². The molecule has 0 fully saturated rings. The molecule has 140 valence electrons. The van der Waals surface area contributed by atoms with Crippen molar-refractivity contribution in [3.05, 3.63) is 57.8 Å². The second-order valence-corrected chi connectivity index (χ2v) is 7.29. The number of halogens is 2. The van der Waals surface area contributed by atoms with Crippen LogP contribution < -0.4 is 14.8 Å². The molecule has 6 heteroatoms. The summed E-state index contributed by atoms with van der Waals surface area (Å²) in [7, 11) is 1.58. The summed E-state index contributed by atoms with van der Waals surface area (Å²) in [6.07, 6.45) is 0. The molecule has 1 N–H and O–H groups in total. The van der Waals surface area contributed by atoms with Gasteiger partial charge in [0.1, 0.15) is 5.82 Å². The van der Waals surface area contributed by atoms with Crippen LogP contribution in [0.1, 0.15) is 42.7 Å². The lowest BCUT2D eigenvalue weighted by Gasteiger charge is -2.18. The van der Waals surface area contributed by atoms with Crippen molar-refractivity contribution in [2.75, 3.05) is 13.7 Å². The predicted molar refractivity (Wildman–Crippen MR) is 103 cm³/mol. The Morgan fingerprint density at radius 2 is 1.88 bits per heavy atom. The van der Waals surface area contributed by atoms with Gasteiger partial charge in [-0.15, -0.1) is 0 Å². The minimum atomic E-state index is -0.459. The summed E-state index contributed by atoms with van der Waals surface area (Å²) in [5.41, 5.74) is 1.11. The van der Waals surface area contributed by atoms with Crippen LogP contribution in [0.5, 0.6) is 11.5 Å². The zero-order valence-corrected chi connectivity index (χ0v) is 16.9. The average molecular weight is 424 g/mol. The van der Waals surface area contributed by atoms with E-state index in [1.165, 1.54) is 18.2 Å². The Kier molecular flexibility index (Phi) is 7.03. The van der Waals surface area contributed by atoms with Gasteiger partial charge >= 0.3 is 0 Å². The first kappa shape index (κ1) is 20.2. The molecule has 2 aromatic carbocycles. The fraction of sp³-hybridized carbons (Fsp3) is 0.350. The van der Waals surface area contributed by atoms with E-state index in [1.807, 2.05) is 25.1 Å². The van der Waals surface area contributed by atoms with Crippen molar-refractivity contribution in [2.45, 2.75) is 26.8 Å². The maximum Gasteiger partial charge on any atom is 0.253 e. The van der Waals surface area contributed by atoms with Crippen LogP contribution in [0.2, 0.25) is 0 Å². The van der Waals surface area contributed by atoms with Gasteiger partial charge in [0, 0.05) is 4.47 Å². The molecule has 0 aliphatic rings. The van der Waals surface area contributed by atoms with Crippen LogP contribution in [0, 0.1) is 11.7 Å². The van der Waals surface area contributed by atoms with Gasteiger partial charge in [0.2, 0.25) is 0 Å². The maximum absolute atomic E-state index is 13.4. The number of rotatable bonds is 7. The van der Waals surface area contributed by atoms with E-state index in [0.717, 1.165) is 5.56 Å². The number of benzene rings is 2. The second-order valence-electron chi connectivity index (χ2n) is 6.43. The molecule has 1 unspecified atom stereocenters. The first-order valence-electron chi connectivity index (χ1n) is 8.38. The zero-order valence-electron chi connectivity index (χ0n) is 15.3.